The Bertz CT molecular complexity index is 1240. The number of carbonyl (C=O) groups is 2. The van der Waals surface area contributed by atoms with Gasteiger partial charge in [-0.05, 0) is 36.8 Å². The number of aryl methyl sites for hydroxylation is 1. The van der Waals surface area contributed by atoms with Gasteiger partial charge in [0.1, 0.15) is 11.5 Å². The molecule has 5 rings (SSSR count). The average Bonchev–Trinajstić information content (AvgIpc) is 3.07. The number of hydrogen-bond donors (Lipinski definition) is 2. The lowest BCUT2D eigenvalue weighted by Gasteiger charge is -2.44. The summed E-state index contributed by atoms with van der Waals surface area (Å²) in [6, 6.07) is 18.0. The Labute approximate surface area is 179 Å². The Morgan fingerprint density at radius 1 is 0.935 bits per heavy atom. The van der Waals surface area contributed by atoms with Crippen molar-refractivity contribution in [1.29, 1.82) is 0 Å². The van der Waals surface area contributed by atoms with Gasteiger partial charge in [-0.2, -0.15) is 0 Å². The monoisotopic (exact) mass is 415 g/mol. The van der Waals surface area contributed by atoms with Crippen LogP contribution in [0.2, 0.25) is 0 Å². The summed E-state index contributed by atoms with van der Waals surface area (Å²) in [5.41, 5.74) is 2.36. The summed E-state index contributed by atoms with van der Waals surface area (Å²) in [5.74, 6) is 0.363. The predicted octanol–water partition coefficient (Wildman–Crippen LogP) is 3.89. The van der Waals surface area contributed by atoms with Crippen LogP contribution in [-0.2, 0) is 10.5 Å². The number of fused-ring (bicyclic) bond motifs is 3. The SMILES string of the molecule is COc1ccc(N2C(=O)c3ccccc3N[C@@]23C(=O)Nc2c(C)cccc23)c(OC)c1. The van der Waals surface area contributed by atoms with Crippen molar-refractivity contribution in [3.05, 3.63) is 77.4 Å². The lowest BCUT2D eigenvalue weighted by atomic mass is 9.91. The number of anilines is 3. The summed E-state index contributed by atoms with van der Waals surface area (Å²) in [5, 5.41) is 6.35. The van der Waals surface area contributed by atoms with E-state index in [-0.39, 0.29) is 11.8 Å². The minimum absolute atomic E-state index is 0.303. The standard InChI is InChI=1S/C24H21N3O4/c1-14-7-6-9-17-21(14)25-23(29)24(17)26-18-10-5-4-8-16(18)22(28)27(24)19-12-11-15(30-2)13-20(19)31-3/h4-13,26H,1-3H3,(H,25,29)/t24-/m1/s1. The molecule has 0 saturated heterocycles. The van der Waals surface area contributed by atoms with Crippen molar-refractivity contribution in [2.75, 3.05) is 29.8 Å². The van der Waals surface area contributed by atoms with Gasteiger partial charge in [0.05, 0.1) is 31.2 Å². The van der Waals surface area contributed by atoms with E-state index >= 15 is 0 Å². The molecule has 2 amide bonds. The smallest absolute Gasteiger partial charge is 0.276 e. The zero-order valence-electron chi connectivity index (χ0n) is 17.4. The third-order valence-corrected chi connectivity index (χ3v) is 5.87. The first-order valence-corrected chi connectivity index (χ1v) is 9.86. The van der Waals surface area contributed by atoms with Crippen molar-refractivity contribution < 1.29 is 19.1 Å². The molecule has 3 aromatic rings. The van der Waals surface area contributed by atoms with Gasteiger partial charge in [-0.1, -0.05) is 30.3 Å². The largest absolute Gasteiger partial charge is 0.497 e. The van der Waals surface area contributed by atoms with Gasteiger partial charge in [0.15, 0.2) is 0 Å². The van der Waals surface area contributed by atoms with Gasteiger partial charge >= 0.3 is 0 Å². The summed E-state index contributed by atoms with van der Waals surface area (Å²) >= 11 is 0. The summed E-state index contributed by atoms with van der Waals surface area (Å²) in [6.45, 7) is 1.93. The molecular formula is C24H21N3O4. The first-order chi connectivity index (χ1) is 15.0. The van der Waals surface area contributed by atoms with E-state index in [0.717, 1.165) is 5.56 Å². The van der Waals surface area contributed by atoms with Crippen LogP contribution >= 0.6 is 0 Å². The van der Waals surface area contributed by atoms with Crippen LogP contribution in [0.25, 0.3) is 0 Å². The fraction of sp³-hybridized carbons (Fsp3) is 0.167. The molecular weight excluding hydrogens is 394 g/mol. The highest BCUT2D eigenvalue weighted by atomic mass is 16.5. The normalized spacial score (nSPS) is 18.9. The molecule has 7 nitrogen and oxygen atoms in total. The number of nitrogens with zero attached hydrogens (tertiary/aromatic N) is 1. The van der Waals surface area contributed by atoms with E-state index < -0.39 is 5.66 Å². The van der Waals surface area contributed by atoms with Crippen LogP contribution in [0.4, 0.5) is 17.1 Å². The molecule has 0 aliphatic carbocycles. The summed E-state index contributed by atoms with van der Waals surface area (Å²) < 4.78 is 10.9. The second-order valence-electron chi connectivity index (χ2n) is 7.51. The van der Waals surface area contributed by atoms with E-state index in [1.807, 2.05) is 31.2 Å². The molecule has 0 fully saturated rings. The van der Waals surface area contributed by atoms with Gasteiger partial charge in [-0.25, -0.2) is 0 Å². The second-order valence-corrected chi connectivity index (χ2v) is 7.51. The van der Waals surface area contributed by atoms with Gasteiger partial charge in [0.2, 0.25) is 5.66 Å². The van der Waals surface area contributed by atoms with Gasteiger partial charge in [-0.3, -0.25) is 14.5 Å². The molecule has 1 spiro atoms. The molecule has 0 bridgehead atoms. The minimum Gasteiger partial charge on any atom is -0.497 e. The lowest BCUT2D eigenvalue weighted by molar-refractivity contribution is -0.119. The van der Waals surface area contributed by atoms with Crippen molar-refractivity contribution in [2.24, 2.45) is 0 Å². The number of methoxy groups -OCH3 is 2. The molecule has 0 aromatic heterocycles. The Hall–Kier alpha value is -4.00. The zero-order chi connectivity index (χ0) is 21.8. The second kappa shape index (κ2) is 6.77. The molecule has 0 saturated carbocycles. The van der Waals surface area contributed by atoms with Crippen molar-refractivity contribution in [3.63, 3.8) is 0 Å². The highest BCUT2D eigenvalue weighted by molar-refractivity contribution is 6.22. The van der Waals surface area contributed by atoms with E-state index in [4.69, 9.17) is 9.47 Å². The maximum Gasteiger partial charge on any atom is 0.276 e. The number of amides is 2. The average molecular weight is 415 g/mol. The maximum absolute atomic E-state index is 13.9. The maximum atomic E-state index is 13.9. The van der Waals surface area contributed by atoms with Crippen molar-refractivity contribution in [1.82, 2.24) is 0 Å². The first-order valence-electron chi connectivity index (χ1n) is 9.86. The van der Waals surface area contributed by atoms with Gasteiger partial charge in [0.25, 0.3) is 11.8 Å². The lowest BCUT2D eigenvalue weighted by Crippen LogP contribution is -2.61. The number of rotatable bonds is 3. The summed E-state index contributed by atoms with van der Waals surface area (Å²) in [6.07, 6.45) is 0. The molecule has 7 heteroatoms. The van der Waals surface area contributed by atoms with Crippen LogP contribution in [-0.4, -0.2) is 26.0 Å². The first kappa shape index (κ1) is 19.0. The van der Waals surface area contributed by atoms with E-state index in [0.29, 0.717) is 39.7 Å². The van der Waals surface area contributed by atoms with Crippen LogP contribution in [0.3, 0.4) is 0 Å². The van der Waals surface area contributed by atoms with Crippen LogP contribution in [0.5, 0.6) is 11.5 Å². The van der Waals surface area contributed by atoms with Crippen LogP contribution in [0, 0.1) is 6.92 Å². The molecule has 3 aromatic carbocycles. The van der Waals surface area contributed by atoms with E-state index in [1.165, 1.54) is 12.0 Å². The Balaban J connectivity index is 1.83. The van der Waals surface area contributed by atoms with Gasteiger partial charge in [-0.15, -0.1) is 0 Å². The predicted molar refractivity (Wildman–Crippen MR) is 118 cm³/mol. The quantitative estimate of drug-likeness (QED) is 0.679. The molecule has 2 heterocycles. The number of ether oxygens (including phenoxy) is 2. The summed E-state index contributed by atoms with van der Waals surface area (Å²) in [7, 11) is 3.08. The number of benzene rings is 3. The zero-order valence-corrected chi connectivity index (χ0v) is 17.4. The number of carbonyl (C=O) groups excluding carboxylic acids is 2. The fourth-order valence-electron chi connectivity index (χ4n) is 4.37. The number of nitrogens with one attached hydrogen (secondary N) is 2. The topological polar surface area (TPSA) is 79.9 Å². The van der Waals surface area contributed by atoms with E-state index in [1.54, 1.807) is 43.5 Å². The van der Waals surface area contributed by atoms with Gasteiger partial charge < -0.3 is 20.1 Å². The Morgan fingerprint density at radius 3 is 2.52 bits per heavy atom. The number of para-hydroxylation sites is 2. The molecule has 0 unspecified atom stereocenters. The van der Waals surface area contributed by atoms with Gasteiger partial charge in [0, 0.05) is 17.3 Å². The highest BCUT2D eigenvalue weighted by Gasteiger charge is 2.57. The molecule has 31 heavy (non-hydrogen) atoms. The Morgan fingerprint density at radius 2 is 1.74 bits per heavy atom. The van der Waals surface area contributed by atoms with Crippen molar-refractivity contribution in [3.8, 4) is 11.5 Å². The van der Waals surface area contributed by atoms with Crippen molar-refractivity contribution in [2.45, 2.75) is 12.6 Å². The van der Waals surface area contributed by atoms with Crippen LogP contribution in [0.15, 0.2) is 60.7 Å². The molecule has 156 valence electrons. The molecule has 0 radical (unpaired) electrons. The Kier molecular flexibility index (Phi) is 4.15. The molecule has 2 aliphatic heterocycles. The number of hydrogen-bond acceptors (Lipinski definition) is 5. The molecule has 2 aliphatic rings. The van der Waals surface area contributed by atoms with Crippen molar-refractivity contribution >= 4 is 28.9 Å². The summed E-state index contributed by atoms with van der Waals surface area (Å²) in [4.78, 5) is 28.9. The molecule has 2 N–H and O–H groups in total. The highest BCUT2D eigenvalue weighted by Crippen LogP contribution is 2.50. The fourth-order valence-corrected chi connectivity index (χ4v) is 4.37. The third-order valence-electron chi connectivity index (χ3n) is 5.87. The van der Waals surface area contributed by atoms with Crippen LogP contribution in [0.1, 0.15) is 21.5 Å². The van der Waals surface area contributed by atoms with E-state index in [9.17, 15) is 9.59 Å². The molecule has 1 atom stereocenters. The van der Waals surface area contributed by atoms with E-state index in [2.05, 4.69) is 10.6 Å². The van der Waals surface area contributed by atoms with Crippen LogP contribution < -0.4 is 25.0 Å². The minimum atomic E-state index is -1.46. The third kappa shape index (κ3) is 2.53.